The van der Waals surface area contributed by atoms with Gasteiger partial charge in [-0.15, -0.1) is 0 Å². The summed E-state index contributed by atoms with van der Waals surface area (Å²) in [6.45, 7) is 4.90. The Balaban J connectivity index is 2.20. The van der Waals surface area contributed by atoms with Gasteiger partial charge in [-0.1, -0.05) is 0 Å². The highest BCUT2D eigenvalue weighted by Gasteiger charge is 2.27. The zero-order chi connectivity index (χ0) is 13.3. The molecule has 5 heteroatoms. The summed E-state index contributed by atoms with van der Waals surface area (Å²) in [5, 5.41) is 0. The molecule has 1 aromatic rings. The summed E-state index contributed by atoms with van der Waals surface area (Å²) in [5.41, 5.74) is 6.20. The van der Waals surface area contributed by atoms with Crippen molar-refractivity contribution in [3.63, 3.8) is 0 Å². The van der Waals surface area contributed by atoms with E-state index in [1.807, 2.05) is 13.8 Å². The van der Waals surface area contributed by atoms with Gasteiger partial charge in [0.25, 0.3) is 5.91 Å². The summed E-state index contributed by atoms with van der Waals surface area (Å²) >= 11 is 0. The Labute approximate surface area is 106 Å². The molecule has 0 aromatic heterocycles. The average molecular weight is 252 g/mol. The number of nitrogen functional groups attached to an aromatic ring is 1. The second kappa shape index (κ2) is 4.94. The van der Waals surface area contributed by atoms with E-state index >= 15 is 0 Å². The maximum atomic E-state index is 13.0. The molecule has 1 heterocycles. The number of benzene rings is 1. The molecule has 2 atom stereocenters. The van der Waals surface area contributed by atoms with E-state index in [1.165, 1.54) is 18.2 Å². The smallest absolute Gasteiger partial charge is 0.256 e. The van der Waals surface area contributed by atoms with Crippen LogP contribution in [0.2, 0.25) is 0 Å². The van der Waals surface area contributed by atoms with Gasteiger partial charge < -0.3 is 15.4 Å². The van der Waals surface area contributed by atoms with Crippen molar-refractivity contribution >= 4 is 11.6 Å². The first-order valence-electron chi connectivity index (χ1n) is 5.97. The Morgan fingerprint density at radius 2 is 2.00 bits per heavy atom. The van der Waals surface area contributed by atoms with Crippen molar-refractivity contribution in [1.82, 2.24) is 4.90 Å². The van der Waals surface area contributed by atoms with Crippen LogP contribution in [0.15, 0.2) is 18.2 Å². The quantitative estimate of drug-likeness (QED) is 0.773. The number of nitrogens with zero attached hydrogens (tertiary/aromatic N) is 1. The summed E-state index contributed by atoms with van der Waals surface area (Å²) in [5.74, 6) is -0.609. The first kappa shape index (κ1) is 12.8. The zero-order valence-electron chi connectivity index (χ0n) is 10.5. The van der Waals surface area contributed by atoms with E-state index in [1.54, 1.807) is 4.90 Å². The molecule has 1 amide bonds. The maximum absolute atomic E-state index is 13.0. The Morgan fingerprint density at radius 3 is 2.56 bits per heavy atom. The van der Waals surface area contributed by atoms with E-state index in [0.717, 1.165) is 0 Å². The lowest BCUT2D eigenvalue weighted by molar-refractivity contribution is -0.0585. The normalized spacial score (nSPS) is 24.1. The summed E-state index contributed by atoms with van der Waals surface area (Å²) in [6.07, 6.45) is -0.00116. The largest absolute Gasteiger partial charge is 0.398 e. The predicted molar refractivity (Wildman–Crippen MR) is 66.7 cm³/mol. The highest BCUT2D eigenvalue weighted by Crippen LogP contribution is 2.19. The lowest BCUT2D eigenvalue weighted by Gasteiger charge is -2.35. The maximum Gasteiger partial charge on any atom is 0.256 e. The van der Waals surface area contributed by atoms with Crippen LogP contribution in [0, 0.1) is 5.82 Å². The van der Waals surface area contributed by atoms with Gasteiger partial charge >= 0.3 is 0 Å². The summed E-state index contributed by atoms with van der Waals surface area (Å²) in [6, 6.07) is 3.84. The number of carbonyl (C=O) groups is 1. The van der Waals surface area contributed by atoms with Gasteiger partial charge in [-0.2, -0.15) is 0 Å². The number of rotatable bonds is 1. The number of morpholine rings is 1. The van der Waals surface area contributed by atoms with Gasteiger partial charge in [0, 0.05) is 18.8 Å². The molecule has 0 radical (unpaired) electrons. The van der Waals surface area contributed by atoms with Crippen LogP contribution in [0.3, 0.4) is 0 Å². The minimum Gasteiger partial charge on any atom is -0.398 e. The number of hydrogen-bond donors (Lipinski definition) is 1. The molecule has 18 heavy (non-hydrogen) atoms. The first-order valence-corrected chi connectivity index (χ1v) is 5.97. The summed E-state index contributed by atoms with van der Waals surface area (Å²) in [7, 11) is 0. The number of hydrogen-bond acceptors (Lipinski definition) is 3. The monoisotopic (exact) mass is 252 g/mol. The lowest BCUT2D eigenvalue weighted by atomic mass is 10.1. The molecule has 1 aliphatic rings. The van der Waals surface area contributed by atoms with Crippen LogP contribution >= 0.6 is 0 Å². The molecule has 2 N–H and O–H groups in total. The van der Waals surface area contributed by atoms with E-state index < -0.39 is 5.82 Å². The Hall–Kier alpha value is -1.62. The molecule has 0 bridgehead atoms. The minimum atomic E-state index is -0.437. The molecule has 4 nitrogen and oxygen atoms in total. The second-order valence-corrected chi connectivity index (χ2v) is 4.70. The van der Waals surface area contributed by atoms with E-state index in [9.17, 15) is 9.18 Å². The van der Waals surface area contributed by atoms with Crippen molar-refractivity contribution in [3.8, 4) is 0 Å². The summed E-state index contributed by atoms with van der Waals surface area (Å²) < 4.78 is 18.5. The number of ether oxygens (including phenoxy) is 1. The molecule has 0 unspecified atom stereocenters. The van der Waals surface area contributed by atoms with Crippen LogP contribution in [0.1, 0.15) is 24.2 Å². The molecule has 1 aliphatic heterocycles. The van der Waals surface area contributed by atoms with Crippen LogP contribution in [0.5, 0.6) is 0 Å². The molecule has 0 spiro atoms. The van der Waals surface area contributed by atoms with Crippen molar-refractivity contribution in [2.24, 2.45) is 0 Å². The lowest BCUT2D eigenvalue weighted by Crippen LogP contribution is -2.48. The SMILES string of the molecule is C[C@@H]1CN(C(=O)c2ccc(F)cc2N)C[C@H](C)O1. The number of anilines is 1. The highest BCUT2D eigenvalue weighted by atomic mass is 19.1. The Morgan fingerprint density at radius 1 is 1.39 bits per heavy atom. The van der Waals surface area contributed by atoms with Crippen LogP contribution in [0.25, 0.3) is 0 Å². The van der Waals surface area contributed by atoms with E-state index in [-0.39, 0.29) is 23.8 Å². The van der Waals surface area contributed by atoms with Gasteiger partial charge in [-0.25, -0.2) is 4.39 Å². The van der Waals surface area contributed by atoms with Gasteiger partial charge in [-0.3, -0.25) is 4.79 Å². The molecule has 98 valence electrons. The molecular formula is C13H17FN2O2. The number of nitrogens with two attached hydrogens (primary N) is 1. The topological polar surface area (TPSA) is 55.6 Å². The summed E-state index contributed by atoms with van der Waals surface area (Å²) in [4.78, 5) is 14.0. The molecule has 1 saturated heterocycles. The van der Waals surface area contributed by atoms with Crippen molar-refractivity contribution in [2.75, 3.05) is 18.8 Å². The fourth-order valence-electron chi connectivity index (χ4n) is 2.24. The third kappa shape index (κ3) is 2.61. The van der Waals surface area contributed by atoms with Crippen molar-refractivity contribution in [1.29, 1.82) is 0 Å². The van der Waals surface area contributed by atoms with Gasteiger partial charge in [0.1, 0.15) is 5.82 Å². The molecule has 1 fully saturated rings. The third-order valence-corrected chi connectivity index (χ3v) is 2.95. The molecule has 1 aromatic carbocycles. The molecule has 2 rings (SSSR count). The van der Waals surface area contributed by atoms with Crippen LogP contribution in [-0.4, -0.2) is 36.1 Å². The molecule has 0 saturated carbocycles. The number of carbonyl (C=O) groups excluding carboxylic acids is 1. The number of halogens is 1. The fraction of sp³-hybridized carbons (Fsp3) is 0.462. The fourth-order valence-corrected chi connectivity index (χ4v) is 2.24. The van der Waals surface area contributed by atoms with E-state index in [0.29, 0.717) is 18.7 Å². The van der Waals surface area contributed by atoms with Gasteiger partial charge in [0.05, 0.1) is 17.8 Å². The van der Waals surface area contributed by atoms with Crippen LogP contribution < -0.4 is 5.73 Å². The van der Waals surface area contributed by atoms with Crippen molar-refractivity contribution in [2.45, 2.75) is 26.1 Å². The van der Waals surface area contributed by atoms with Crippen molar-refractivity contribution < 1.29 is 13.9 Å². The van der Waals surface area contributed by atoms with E-state index in [4.69, 9.17) is 10.5 Å². The standard InChI is InChI=1S/C13H17FN2O2/c1-8-6-16(7-9(2)18-8)13(17)11-4-3-10(14)5-12(11)15/h3-5,8-9H,6-7,15H2,1-2H3/t8-,9+. The van der Waals surface area contributed by atoms with E-state index in [2.05, 4.69) is 0 Å². The Kier molecular flexibility index (Phi) is 3.52. The zero-order valence-corrected chi connectivity index (χ0v) is 10.5. The average Bonchev–Trinajstić information content (AvgIpc) is 2.26. The number of amides is 1. The van der Waals surface area contributed by atoms with Gasteiger partial charge in [0.2, 0.25) is 0 Å². The van der Waals surface area contributed by atoms with Gasteiger partial charge in [-0.05, 0) is 32.0 Å². The molecular weight excluding hydrogens is 235 g/mol. The second-order valence-electron chi connectivity index (χ2n) is 4.70. The Bertz CT molecular complexity index is 454. The minimum absolute atomic E-state index is 0.000581. The van der Waals surface area contributed by atoms with Gasteiger partial charge in [0.15, 0.2) is 0 Å². The van der Waals surface area contributed by atoms with Crippen LogP contribution in [-0.2, 0) is 4.74 Å². The molecule has 0 aliphatic carbocycles. The van der Waals surface area contributed by atoms with Crippen molar-refractivity contribution in [3.05, 3.63) is 29.6 Å². The third-order valence-electron chi connectivity index (χ3n) is 2.95. The predicted octanol–water partition coefficient (Wildman–Crippen LogP) is 1.66. The highest BCUT2D eigenvalue weighted by molar-refractivity contribution is 5.99. The van der Waals surface area contributed by atoms with Crippen LogP contribution in [0.4, 0.5) is 10.1 Å². The first-order chi connectivity index (χ1) is 8.47.